The molecule has 3 nitrogen and oxygen atoms in total. The lowest BCUT2D eigenvalue weighted by molar-refractivity contribution is 0.756. The van der Waals surface area contributed by atoms with E-state index in [4.69, 9.17) is 4.98 Å². The molecule has 0 saturated heterocycles. The summed E-state index contributed by atoms with van der Waals surface area (Å²) < 4.78 is 1.83. The maximum Gasteiger partial charge on any atom is 0.0746 e. The van der Waals surface area contributed by atoms with Crippen LogP contribution >= 0.6 is 12.4 Å². The van der Waals surface area contributed by atoms with Crippen molar-refractivity contribution in [3.8, 4) is 11.3 Å². The molecule has 0 aliphatic carbocycles. The second-order valence-electron chi connectivity index (χ2n) is 4.64. The molecule has 0 N–H and O–H groups in total. The predicted molar refractivity (Wildman–Crippen MR) is 80.7 cm³/mol. The molecule has 0 amide bonds. The summed E-state index contributed by atoms with van der Waals surface area (Å²) in [6, 6.07) is 10.4. The standard InChI is InChI=1S/C15H15N3.ClH/c1-10-8-15(13-9-18(3)17-11(13)2)16-14-7-5-4-6-12(10)14;/h4-9H,1-3H3;1H. The molecule has 0 aliphatic heterocycles. The highest BCUT2D eigenvalue weighted by Crippen LogP contribution is 2.25. The molecule has 0 aliphatic rings. The number of aryl methyl sites for hydroxylation is 3. The van der Waals surface area contributed by atoms with Crippen molar-refractivity contribution >= 4 is 23.3 Å². The minimum Gasteiger partial charge on any atom is -0.275 e. The van der Waals surface area contributed by atoms with Crippen LogP contribution in [-0.4, -0.2) is 14.8 Å². The number of fused-ring (bicyclic) bond motifs is 1. The molecule has 4 heteroatoms. The van der Waals surface area contributed by atoms with E-state index >= 15 is 0 Å². The van der Waals surface area contributed by atoms with Crippen molar-refractivity contribution < 1.29 is 0 Å². The molecular weight excluding hydrogens is 258 g/mol. The molecule has 0 spiro atoms. The van der Waals surface area contributed by atoms with Gasteiger partial charge in [-0.05, 0) is 31.5 Å². The number of halogens is 1. The Morgan fingerprint density at radius 1 is 1.11 bits per heavy atom. The van der Waals surface area contributed by atoms with Gasteiger partial charge in [0.05, 0.1) is 16.9 Å². The molecular formula is C15H16ClN3. The van der Waals surface area contributed by atoms with Crippen molar-refractivity contribution in [3.05, 3.63) is 47.8 Å². The van der Waals surface area contributed by atoms with Gasteiger partial charge in [-0.2, -0.15) is 5.10 Å². The van der Waals surface area contributed by atoms with Crippen LogP contribution in [-0.2, 0) is 7.05 Å². The largest absolute Gasteiger partial charge is 0.275 e. The molecule has 0 radical (unpaired) electrons. The molecule has 0 unspecified atom stereocenters. The minimum atomic E-state index is 0. The lowest BCUT2D eigenvalue weighted by Gasteiger charge is -2.05. The van der Waals surface area contributed by atoms with Gasteiger partial charge >= 0.3 is 0 Å². The van der Waals surface area contributed by atoms with Gasteiger partial charge in [0.1, 0.15) is 0 Å². The van der Waals surface area contributed by atoms with Crippen molar-refractivity contribution in [2.24, 2.45) is 7.05 Å². The molecule has 2 heterocycles. The van der Waals surface area contributed by atoms with Crippen molar-refractivity contribution in [2.45, 2.75) is 13.8 Å². The Morgan fingerprint density at radius 3 is 2.53 bits per heavy atom. The van der Waals surface area contributed by atoms with Gasteiger partial charge in [0, 0.05) is 24.2 Å². The maximum absolute atomic E-state index is 4.73. The monoisotopic (exact) mass is 273 g/mol. The Hall–Kier alpha value is -1.87. The molecule has 3 rings (SSSR count). The van der Waals surface area contributed by atoms with Crippen molar-refractivity contribution in [1.29, 1.82) is 0 Å². The Labute approximate surface area is 118 Å². The van der Waals surface area contributed by atoms with Crippen molar-refractivity contribution in [3.63, 3.8) is 0 Å². The zero-order chi connectivity index (χ0) is 12.7. The van der Waals surface area contributed by atoms with Crippen LogP contribution in [0, 0.1) is 13.8 Å². The number of hydrogen-bond acceptors (Lipinski definition) is 2. The lowest BCUT2D eigenvalue weighted by Crippen LogP contribution is -1.89. The second-order valence-corrected chi connectivity index (χ2v) is 4.64. The first-order valence-electron chi connectivity index (χ1n) is 6.02. The number of benzene rings is 1. The van der Waals surface area contributed by atoms with Crippen LogP contribution in [0.25, 0.3) is 22.2 Å². The van der Waals surface area contributed by atoms with Gasteiger partial charge in [0.25, 0.3) is 0 Å². The fourth-order valence-electron chi connectivity index (χ4n) is 2.34. The highest BCUT2D eigenvalue weighted by atomic mass is 35.5. The summed E-state index contributed by atoms with van der Waals surface area (Å²) >= 11 is 0. The van der Waals surface area contributed by atoms with E-state index in [0.717, 1.165) is 22.5 Å². The summed E-state index contributed by atoms with van der Waals surface area (Å²) in [5.41, 5.74) is 5.40. The highest BCUT2D eigenvalue weighted by Gasteiger charge is 2.09. The Balaban J connectivity index is 0.00000133. The van der Waals surface area contributed by atoms with Gasteiger partial charge in [-0.15, -0.1) is 12.4 Å². The topological polar surface area (TPSA) is 30.7 Å². The minimum absolute atomic E-state index is 0. The fraction of sp³-hybridized carbons (Fsp3) is 0.200. The number of nitrogens with zero attached hydrogens (tertiary/aromatic N) is 3. The van der Waals surface area contributed by atoms with E-state index in [2.05, 4.69) is 30.2 Å². The van der Waals surface area contributed by atoms with E-state index in [-0.39, 0.29) is 12.4 Å². The van der Waals surface area contributed by atoms with Crippen LogP contribution in [0.4, 0.5) is 0 Å². The quantitative estimate of drug-likeness (QED) is 0.677. The van der Waals surface area contributed by atoms with Crippen LogP contribution in [0.3, 0.4) is 0 Å². The van der Waals surface area contributed by atoms with E-state index in [1.54, 1.807) is 0 Å². The zero-order valence-corrected chi connectivity index (χ0v) is 12.0. The van der Waals surface area contributed by atoms with Crippen LogP contribution in [0.2, 0.25) is 0 Å². The van der Waals surface area contributed by atoms with Gasteiger partial charge in [-0.3, -0.25) is 4.68 Å². The third kappa shape index (κ3) is 2.34. The highest BCUT2D eigenvalue weighted by molar-refractivity contribution is 5.85. The van der Waals surface area contributed by atoms with E-state index in [9.17, 15) is 0 Å². The van der Waals surface area contributed by atoms with E-state index in [1.807, 2.05) is 37.0 Å². The number of aromatic nitrogens is 3. The van der Waals surface area contributed by atoms with Gasteiger partial charge in [0.2, 0.25) is 0 Å². The summed E-state index contributed by atoms with van der Waals surface area (Å²) in [4.78, 5) is 4.73. The SMILES string of the molecule is Cc1nn(C)cc1-c1cc(C)c2ccccc2n1.Cl. The molecule has 2 aromatic heterocycles. The Kier molecular flexibility index (Phi) is 3.58. The van der Waals surface area contributed by atoms with Crippen LogP contribution in [0.5, 0.6) is 0 Å². The predicted octanol–water partition coefficient (Wildman–Crippen LogP) is 3.67. The summed E-state index contributed by atoms with van der Waals surface area (Å²) in [5, 5.41) is 5.58. The lowest BCUT2D eigenvalue weighted by atomic mass is 10.1. The molecule has 1 aromatic carbocycles. The molecule has 0 atom stereocenters. The zero-order valence-electron chi connectivity index (χ0n) is 11.2. The Morgan fingerprint density at radius 2 is 1.84 bits per heavy atom. The van der Waals surface area contributed by atoms with Crippen LogP contribution < -0.4 is 0 Å². The third-order valence-electron chi connectivity index (χ3n) is 3.21. The summed E-state index contributed by atoms with van der Waals surface area (Å²) in [7, 11) is 1.93. The fourth-order valence-corrected chi connectivity index (χ4v) is 2.34. The number of rotatable bonds is 1. The number of para-hydroxylation sites is 1. The average Bonchev–Trinajstić information content (AvgIpc) is 2.68. The first kappa shape index (κ1) is 13.6. The smallest absolute Gasteiger partial charge is 0.0746 e. The van der Waals surface area contributed by atoms with E-state index in [0.29, 0.717) is 0 Å². The Bertz CT molecular complexity index is 731. The summed E-state index contributed by atoms with van der Waals surface area (Å²) in [6.45, 7) is 4.14. The number of hydrogen-bond donors (Lipinski definition) is 0. The van der Waals surface area contributed by atoms with Gasteiger partial charge in [-0.1, -0.05) is 18.2 Å². The van der Waals surface area contributed by atoms with E-state index < -0.39 is 0 Å². The third-order valence-corrected chi connectivity index (χ3v) is 3.21. The van der Waals surface area contributed by atoms with Crippen molar-refractivity contribution in [1.82, 2.24) is 14.8 Å². The van der Waals surface area contributed by atoms with Gasteiger partial charge in [-0.25, -0.2) is 4.98 Å². The summed E-state index contributed by atoms with van der Waals surface area (Å²) in [5.74, 6) is 0. The average molecular weight is 274 g/mol. The summed E-state index contributed by atoms with van der Waals surface area (Å²) in [6.07, 6.45) is 2.02. The van der Waals surface area contributed by atoms with Gasteiger partial charge in [0.15, 0.2) is 0 Å². The molecule has 0 saturated carbocycles. The molecule has 0 fully saturated rings. The first-order chi connectivity index (χ1) is 8.65. The maximum atomic E-state index is 4.73. The number of pyridine rings is 1. The molecule has 0 bridgehead atoms. The van der Waals surface area contributed by atoms with Crippen LogP contribution in [0.15, 0.2) is 36.5 Å². The molecule has 98 valence electrons. The van der Waals surface area contributed by atoms with Gasteiger partial charge < -0.3 is 0 Å². The van der Waals surface area contributed by atoms with Crippen LogP contribution in [0.1, 0.15) is 11.3 Å². The second kappa shape index (κ2) is 5.02. The van der Waals surface area contributed by atoms with E-state index in [1.165, 1.54) is 10.9 Å². The van der Waals surface area contributed by atoms with Crippen molar-refractivity contribution in [2.75, 3.05) is 0 Å². The normalized spacial score (nSPS) is 10.5. The first-order valence-corrected chi connectivity index (χ1v) is 6.02. The molecule has 19 heavy (non-hydrogen) atoms. The molecule has 3 aromatic rings.